The van der Waals surface area contributed by atoms with Crippen LogP contribution in [0.2, 0.25) is 0 Å². The second kappa shape index (κ2) is 5.29. The molecule has 2 aromatic rings. The number of hydrogen-bond acceptors (Lipinski definition) is 4. The summed E-state index contributed by atoms with van der Waals surface area (Å²) in [6.07, 6.45) is 2.29. The largest absolute Gasteiger partial charge is 0.508 e. The number of aryl methyl sites for hydroxylation is 2. The van der Waals surface area contributed by atoms with E-state index >= 15 is 0 Å². The fourth-order valence-corrected chi connectivity index (χ4v) is 3.17. The second-order valence-electron chi connectivity index (χ2n) is 5.50. The Hall–Kier alpha value is -1.81. The zero-order valence-corrected chi connectivity index (χ0v) is 12.0. The summed E-state index contributed by atoms with van der Waals surface area (Å²) < 4.78 is 5.30. The van der Waals surface area contributed by atoms with E-state index in [4.69, 9.17) is 4.52 Å². The van der Waals surface area contributed by atoms with Crippen molar-refractivity contribution >= 4 is 0 Å². The third kappa shape index (κ3) is 2.31. The molecule has 0 spiro atoms. The molecule has 0 saturated carbocycles. The maximum Gasteiger partial charge on any atom is 0.138 e. The van der Waals surface area contributed by atoms with E-state index in [1.165, 1.54) is 12.0 Å². The monoisotopic (exact) mass is 272 g/mol. The van der Waals surface area contributed by atoms with Gasteiger partial charge in [0.2, 0.25) is 0 Å². The van der Waals surface area contributed by atoms with Crippen LogP contribution in [0.5, 0.6) is 5.75 Å². The van der Waals surface area contributed by atoms with Crippen LogP contribution in [0.25, 0.3) is 0 Å². The van der Waals surface area contributed by atoms with Crippen molar-refractivity contribution in [2.24, 2.45) is 0 Å². The molecule has 1 saturated heterocycles. The van der Waals surface area contributed by atoms with E-state index in [-0.39, 0.29) is 0 Å². The maximum atomic E-state index is 9.94. The molecule has 1 atom stereocenters. The molecule has 1 aliphatic heterocycles. The lowest BCUT2D eigenvalue weighted by Gasteiger charge is -2.24. The fourth-order valence-electron chi connectivity index (χ4n) is 3.17. The molecule has 0 aliphatic carbocycles. The summed E-state index contributed by atoms with van der Waals surface area (Å²) in [5.41, 5.74) is 3.18. The molecule has 4 nitrogen and oxygen atoms in total. The van der Waals surface area contributed by atoms with Gasteiger partial charge in [-0.1, -0.05) is 23.4 Å². The molecule has 1 fully saturated rings. The van der Waals surface area contributed by atoms with Gasteiger partial charge in [0.05, 0.1) is 5.69 Å². The maximum absolute atomic E-state index is 9.94. The zero-order valence-electron chi connectivity index (χ0n) is 12.0. The number of likely N-dealkylation sites (tertiary alicyclic amines) is 1. The minimum absolute atomic E-state index is 0.348. The van der Waals surface area contributed by atoms with Crippen molar-refractivity contribution in [3.8, 4) is 5.75 Å². The minimum Gasteiger partial charge on any atom is -0.508 e. The Balaban J connectivity index is 1.85. The zero-order chi connectivity index (χ0) is 14.1. The number of phenols is 1. The van der Waals surface area contributed by atoms with E-state index in [0.717, 1.165) is 36.5 Å². The number of aromatic hydroxyl groups is 1. The molecule has 20 heavy (non-hydrogen) atoms. The highest BCUT2D eigenvalue weighted by atomic mass is 16.5. The number of para-hydroxylation sites is 1. The Morgan fingerprint density at radius 1 is 1.35 bits per heavy atom. The first-order chi connectivity index (χ1) is 9.66. The Morgan fingerprint density at radius 2 is 2.15 bits per heavy atom. The van der Waals surface area contributed by atoms with Crippen LogP contribution >= 0.6 is 0 Å². The number of phenolic OH excluding ortho intramolecular Hbond substituents is 1. The summed E-state index contributed by atoms with van der Waals surface area (Å²) in [4.78, 5) is 2.40. The predicted octanol–water partition coefficient (Wildman–Crippen LogP) is 3.33. The summed E-state index contributed by atoms with van der Waals surface area (Å²) >= 11 is 0. The van der Waals surface area contributed by atoms with Gasteiger partial charge in [-0.15, -0.1) is 0 Å². The van der Waals surface area contributed by atoms with Gasteiger partial charge in [0, 0.05) is 23.7 Å². The second-order valence-corrected chi connectivity index (χ2v) is 5.50. The number of nitrogens with zero attached hydrogens (tertiary/aromatic N) is 2. The minimum atomic E-state index is 0.348. The third-order valence-electron chi connectivity index (χ3n) is 4.15. The van der Waals surface area contributed by atoms with Gasteiger partial charge >= 0.3 is 0 Å². The summed E-state index contributed by atoms with van der Waals surface area (Å²) in [5, 5.41) is 14.0. The highest BCUT2D eigenvalue weighted by Crippen LogP contribution is 2.37. The molecule has 106 valence electrons. The summed E-state index contributed by atoms with van der Waals surface area (Å²) in [6, 6.07) is 7.90. The molecule has 1 aromatic carbocycles. The van der Waals surface area contributed by atoms with E-state index in [9.17, 15) is 5.11 Å². The predicted molar refractivity (Wildman–Crippen MR) is 76.5 cm³/mol. The van der Waals surface area contributed by atoms with Gasteiger partial charge in [-0.05, 0) is 39.3 Å². The Morgan fingerprint density at radius 3 is 2.85 bits per heavy atom. The number of hydrogen-bond donors (Lipinski definition) is 1. The van der Waals surface area contributed by atoms with Gasteiger partial charge in [-0.25, -0.2) is 0 Å². The van der Waals surface area contributed by atoms with E-state index in [2.05, 4.69) is 10.1 Å². The van der Waals surface area contributed by atoms with E-state index in [1.807, 2.05) is 32.0 Å². The normalized spacial score (nSPS) is 19.6. The third-order valence-corrected chi connectivity index (χ3v) is 4.15. The summed E-state index contributed by atoms with van der Waals surface area (Å²) in [5.74, 6) is 1.29. The average molecular weight is 272 g/mol. The van der Waals surface area contributed by atoms with E-state index in [0.29, 0.717) is 11.8 Å². The van der Waals surface area contributed by atoms with Crippen LogP contribution in [0.4, 0.5) is 0 Å². The van der Waals surface area contributed by atoms with Crippen LogP contribution in [0.3, 0.4) is 0 Å². The highest BCUT2D eigenvalue weighted by molar-refractivity contribution is 5.32. The number of rotatable bonds is 3. The summed E-state index contributed by atoms with van der Waals surface area (Å²) in [6.45, 7) is 5.79. The van der Waals surface area contributed by atoms with Crippen molar-refractivity contribution in [1.82, 2.24) is 10.1 Å². The van der Waals surface area contributed by atoms with Gasteiger partial charge in [-0.3, -0.25) is 4.90 Å². The lowest BCUT2D eigenvalue weighted by Crippen LogP contribution is -2.23. The van der Waals surface area contributed by atoms with Crippen molar-refractivity contribution in [2.75, 3.05) is 6.54 Å². The Bertz CT molecular complexity index is 587. The van der Waals surface area contributed by atoms with Gasteiger partial charge in [-0.2, -0.15) is 0 Å². The number of benzene rings is 1. The molecule has 1 aromatic heterocycles. The quantitative estimate of drug-likeness (QED) is 0.931. The molecule has 0 unspecified atom stereocenters. The van der Waals surface area contributed by atoms with Gasteiger partial charge in [0.15, 0.2) is 0 Å². The molecule has 1 N–H and O–H groups in total. The molecule has 0 amide bonds. The topological polar surface area (TPSA) is 49.5 Å². The standard InChI is InChI=1S/C16H20N2O2/c1-11-16(12(2)20-17-11)14-7-5-9-18(14)10-13-6-3-4-8-15(13)19/h3-4,6,8,14,19H,5,7,9-10H2,1-2H3/t14-/m1/s1. The van der Waals surface area contributed by atoms with Crippen molar-refractivity contribution in [2.45, 2.75) is 39.3 Å². The number of aromatic nitrogens is 1. The van der Waals surface area contributed by atoms with Crippen molar-refractivity contribution in [1.29, 1.82) is 0 Å². The van der Waals surface area contributed by atoms with Crippen LogP contribution in [0, 0.1) is 13.8 Å². The molecular weight excluding hydrogens is 252 g/mol. The Labute approximate surface area is 119 Å². The molecule has 0 bridgehead atoms. The first kappa shape index (κ1) is 13.2. The molecule has 0 radical (unpaired) electrons. The van der Waals surface area contributed by atoms with Crippen LogP contribution in [0.15, 0.2) is 28.8 Å². The average Bonchev–Trinajstić information content (AvgIpc) is 2.99. The molecule has 1 aliphatic rings. The molecular formula is C16H20N2O2. The van der Waals surface area contributed by atoms with Gasteiger partial charge < -0.3 is 9.63 Å². The van der Waals surface area contributed by atoms with Crippen LogP contribution in [0.1, 0.15) is 41.5 Å². The molecule has 2 heterocycles. The van der Waals surface area contributed by atoms with Crippen LogP contribution in [-0.4, -0.2) is 21.7 Å². The Kier molecular flexibility index (Phi) is 3.49. The molecule has 3 rings (SSSR count). The van der Waals surface area contributed by atoms with E-state index < -0.39 is 0 Å². The smallest absolute Gasteiger partial charge is 0.138 e. The highest BCUT2D eigenvalue weighted by Gasteiger charge is 2.30. The lowest BCUT2D eigenvalue weighted by atomic mass is 10.0. The SMILES string of the molecule is Cc1noc(C)c1[C@H]1CCCN1Cc1ccccc1O. The van der Waals surface area contributed by atoms with Crippen molar-refractivity contribution < 1.29 is 9.63 Å². The van der Waals surface area contributed by atoms with Crippen molar-refractivity contribution in [3.05, 3.63) is 46.8 Å². The fraction of sp³-hybridized carbons (Fsp3) is 0.438. The first-order valence-corrected chi connectivity index (χ1v) is 7.10. The van der Waals surface area contributed by atoms with Crippen LogP contribution < -0.4 is 0 Å². The molecule has 4 heteroatoms. The lowest BCUT2D eigenvalue weighted by molar-refractivity contribution is 0.242. The van der Waals surface area contributed by atoms with Gasteiger partial charge in [0.1, 0.15) is 11.5 Å². The summed E-state index contributed by atoms with van der Waals surface area (Å²) in [7, 11) is 0. The van der Waals surface area contributed by atoms with Gasteiger partial charge in [0.25, 0.3) is 0 Å². The first-order valence-electron chi connectivity index (χ1n) is 7.10. The van der Waals surface area contributed by atoms with Crippen molar-refractivity contribution in [3.63, 3.8) is 0 Å². The van der Waals surface area contributed by atoms with E-state index in [1.54, 1.807) is 6.07 Å². The van der Waals surface area contributed by atoms with Crippen LogP contribution in [-0.2, 0) is 6.54 Å².